The van der Waals surface area contributed by atoms with Gasteiger partial charge in [0.15, 0.2) is 0 Å². The van der Waals surface area contributed by atoms with Crippen molar-refractivity contribution in [3.8, 4) is 18.1 Å². The summed E-state index contributed by atoms with van der Waals surface area (Å²) in [6, 6.07) is 8.33. The fourth-order valence-electron chi connectivity index (χ4n) is 5.88. The number of hydrogen-bond donors (Lipinski definition) is 0. The van der Waals surface area contributed by atoms with Crippen LogP contribution in [0.2, 0.25) is 5.28 Å². The molecule has 0 spiro atoms. The van der Waals surface area contributed by atoms with E-state index in [2.05, 4.69) is 68.5 Å². The SMILES string of the molecule is C[C@@H]1CCCN(c2cc(C#N)nc(Cl)n2)C1.C[C@@H]1CCCN(c2cc(C#N)nc(O[C@@H](C)[C@@H]3CCCN3C)n2)C1. The molecule has 0 bridgehead atoms. The van der Waals surface area contributed by atoms with Crippen LogP contribution >= 0.6 is 11.6 Å². The lowest BCUT2D eigenvalue weighted by Crippen LogP contribution is -2.38. The third-order valence-electron chi connectivity index (χ3n) is 7.98. The summed E-state index contributed by atoms with van der Waals surface area (Å²) in [6.45, 7) is 11.6. The van der Waals surface area contributed by atoms with Gasteiger partial charge in [0.2, 0.25) is 5.28 Å². The average molecular weight is 566 g/mol. The largest absolute Gasteiger partial charge is 0.459 e. The fraction of sp³-hybridized carbons (Fsp3) is 0.655. The van der Waals surface area contributed by atoms with Crippen LogP contribution in [0.3, 0.4) is 0 Å². The number of likely N-dealkylation sites (tertiary alicyclic amines) is 1. The highest BCUT2D eigenvalue weighted by Gasteiger charge is 2.29. The van der Waals surface area contributed by atoms with Crippen LogP contribution in [0.1, 0.15) is 70.7 Å². The zero-order chi connectivity index (χ0) is 28.6. The topological polar surface area (TPSA) is 118 Å². The van der Waals surface area contributed by atoms with Crippen LogP contribution in [0.5, 0.6) is 6.01 Å². The van der Waals surface area contributed by atoms with Gasteiger partial charge < -0.3 is 14.5 Å². The molecule has 2 aromatic heterocycles. The zero-order valence-electron chi connectivity index (χ0n) is 24.1. The van der Waals surface area contributed by atoms with Gasteiger partial charge in [-0.1, -0.05) is 13.8 Å². The van der Waals surface area contributed by atoms with Crippen molar-refractivity contribution in [1.29, 1.82) is 10.5 Å². The Morgan fingerprint density at radius 2 is 1.40 bits per heavy atom. The predicted octanol–water partition coefficient (Wildman–Crippen LogP) is 4.68. The molecule has 3 fully saturated rings. The van der Waals surface area contributed by atoms with Crippen molar-refractivity contribution in [2.24, 2.45) is 11.8 Å². The van der Waals surface area contributed by atoms with Crippen molar-refractivity contribution in [2.75, 3.05) is 49.6 Å². The Bertz CT molecular complexity index is 1230. The average Bonchev–Trinajstić information content (AvgIpc) is 3.38. The van der Waals surface area contributed by atoms with Crippen molar-refractivity contribution in [2.45, 2.75) is 71.4 Å². The lowest BCUT2D eigenvalue weighted by atomic mass is 10.0. The first-order chi connectivity index (χ1) is 19.2. The minimum atomic E-state index is 0.0135. The van der Waals surface area contributed by atoms with Crippen molar-refractivity contribution < 1.29 is 4.74 Å². The highest BCUT2D eigenvalue weighted by Crippen LogP contribution is 2.26. The molecule has 5 heterocycles. The van der Waals surface area contributed by atoms with E-state index in [9.17, 15) is 5.26 Å². The minimum absolute atomic E-state index is 0.0135. The second-order valence-corrected chi connectivity index (χ2v) is 11.7. The molecule has 0 aliphatic carbocycles. The molecule has 3 aliphatic heterocycles. The van der Waals surface area contributed by atoms with Crippen LogP contribution in [-0.2, 0) is 0 Å². The fourth-order valence-corrected chi connectivity index (χ4v) is 6.06. The number of rotatable bonds is 5. The number of likely N-dealkylation sites (N-methyl/N-ethyl adjacent to an activating group) is 1. The van der Waals surface area contributed by atoms with Gasteiger partial charge in [-0.15, -0.1) is 0 Å². The van der Waals surface area contributed by atoms with Gasteiger partial charge >= 0.3 is 6.01 Å². The van der Waals surface area contributed by atoms with Crippen LogP contribution in [-0.4, -0.2) is 76.8 Å². The van der Waals surface area contributed by atoms with E-state index in [-0.39, 0.29) is 11.4 Å². The molecule has 0 unspecified atom stereocenters. The standard InChI is InChI=1S/C18H27N5O.C11H13ClN4/c1-13-6-4-9-23(12-13)17-10-15(11-19)20-18(21-17)24-14(2)16-7-5-8-22(16)3;1-8-3-2-4-16(7-8)10-5-9(6-13)14-11(12)15-10/h10,13-14,16H,4-9,12H2,1-3H3;5,8H,2-4,7H2,1H3/t13-,14+,16+;8-/m11/s1. The molecule has 0 amide bonds. The number of anilines is 2. The molecule has 0 saturated carbocycles. The Labute approximate surface area is 243 Å². The van der Waals surface area contributed by atoms with Crippen molar-refractivity contribution in [3.05, 3.63) is 28.8 Å². The number of hydrogen-bond acceptors (Lipinski definition) is 10. The molecule has 0 aromatic carbocycles. The molecule has 2 aromatic rings. The number of nitriles is 2. The molecule has 0 radical (unpaired) electrons. The predicted molar refractivity (Wildman–Crippen MR) is 155 cm³/mol. The quantitative estimate of drug-likeness (QED) is 0.472. The maximum Gasteiger partial charge on any atom is 0.319 e. The number of ether oxygens (including phenoxy) is 1. The minimum Gasteiger partial charge on any atom is -0.459 e. The van der Waals surface area contributed by atoms with Gasteiger partial charge in [0.05, 0.1) is 0 Å². The van der Waals surface area contributed by atoms with E-state index in [0.717, 1.165) is 63.6 Å². The Balaban J connectivity index is 0.000000201. The summed E-state index contributed by atoms with van der Waals surface area (Å²) in [6.07, 6.45) is 7.16. The van der Waals surface area contributed by atoms with Crippen molar-refractivity contribution in [1.82, 2.24) is 24.8 Å². The van der Waals surface area contributed by atoms with Crippen LogP contribution < -0.4 is 14.5 Å². The first-order valence-corrected chi connectivity index (χ1v) is 14.7. The molecule has 4 atom stereocenters. The van der Waals surface area contributed by atoms with Gasteiger partial charge in [-0.05, 0) is 82.5 Å². The van der Waals surface area contributed by atoms with Gasteiger partial charge in [0.25, 0.3) is 0 Å². The molecule has 3 aliphatic rings. The van der Waals surface area contributed by atoms with E-state index in [1.807, 2.05) is 6.07 Å². The summed E-state index contributed by atoms with van der Waals surface area (Å²) in [7, 11) is 2.13. The summed E-state index contributed by atoms with van der Waals surface area (Å²) in [5.74, 6) is 2.89. The molecule has 10 nitrogen and oxygen atoms in total. The summed E-state index contributed by atoms with van der Waals surface area (Å²) < 4.78 is 6.03. The molecule has 5 rings (SSSR count). The summed E-state index contributed by atoms with van der Waals surface area (Å²) in [5, 5.41) is 18.3. The van der Waals surface area contributed by atoms with Crippen LogP contribution in [0, 0.1) is 34.5 Å². The van der Waals surface area contributed by atoms with E-state index < -0.39 is 0 Å². The Morgan fingerprint density at radius 3 is 1.93 bits per heavy atom. The Morgan fingerprint density at radius 1 is 0.850 bits per heavy atom. The lowest BCUT2D eigenvalue weighted by Gasteiger charge is -2.32. The van der Waals surface area contributed by atoms with Gasteiger partial charge in [-0.3, -0.25) is 4.90 Å². The number of piperidine rings is 2. The zero-order valence-corrected chi connectivity index (χ0v) is 24.8. The van der Waals surface area contributed by atoms with Crippen molar-refractivity contribution in [3.63, 3.8) is 0 Å². The van der Waals surface area contributed by atoms with Gasteiger partial charge in [0, 0.05) is 44.4 Å². The van der Waals surface area contributed by atoms with E-state index in [0.29, 0.717) is 35.3 Å². The maximum atomic E-state index is 9.30. The first-order valence-electron chi connectivity index (χ1n) is 14.4. The third-order valence-corrected chi connectivity index (χ3v) is 8.15. The van der Waals surface area contributed by atoms with Crippen LogP contribution in [0.4, 0.5) is 11.6 Å². The summed E-state index contributed by atoms with van der Waals surface area (Å²) in [5.41, 5.74) is 0.702. The Hall–Kier alpha value is -3.21. The molecule has 40 heavy (non-hydrogen) atoms. The first kappa shape index (κ1) is 29.8. The lowest BCUT2D eigenvalue weighted by molar-refractivity contribution is 0.112. The molecule has 11 heteroatoms. The van der Waals surface area contributed by atoms with Crippen molar-refractivity contribution >= 4 is 23.2 Å². The summed E-state index contributed by atoms with van der Waals surface area (Å²) >= 11 is 5.78. The normalized spacial score (nSPS) is 23.9. The highest BCUT2D eigenvalue weighted by molar-refractivity contribution is 6.28. The number of aromatic nitrogens is 4. The van der Waals surface area contributed by atoms with Gasteiger partial charge in [-0.2, -0.15) is 20.5 Å². The van der Waals surface area contributed by atoms with E-state index in [1.54, 1.807) is 12.1 Å². The highest BCUT2D eigenvalue weighted by atomic mass is 35.5. The van der Waals surface area contributed by atoms with E-state index in [1.165, 1.54) is 19.3 Å². The van der Waals surface area contributed by atoms with Gasteiger partial charge in [0.1, 0.15) is 41.3 Å². The second kappa shape index (κ2) is 13.9. The molecular weight excluding hydrogens is 526 g/mol. The molecular formula is C29H40ClN9O. The molecule has 3 saturated heterocycles. The molecule has 214 valence electrons. The number of nitrogens with zero attached hydrogens (tertiary/aromatic N) is 9. The smallest absolute Gasteiger partial charge is 0.319 e. The van der Waals surface area contributed by atoms with E-state index in [4.69, 9.17) is 21.6 Å². The third kappa shape index (κ3) is 7.93. The van der Waals surface area contributed by atoms with E-state index >= 15 is 0 Å². The monoisotopic (exact) mass is 565 g/mol. The second-order valence-electron chi connectivity index (χ2n) is 11.4. The number of halogens is 1. The van der Waals surface area contributed by atoms with Crippen LogP contribution in [0.25, 0.3) is 0 Å². The molecule has 0 N–H and O–H groups in total. The van der Waals surface area contributed by atoms with Crippen LogP contribution in [0.15, 0.2) is 12.1 Å². The maximum absolute atomic E-state index is 9.30. The Kier molecular flexibility index (Phi) is 10.4. The van der Waals surface area contributed by atoms with Gasteiger partial charge in [-0.25, -0.2) is 9.97 Å². The summed E-state index contributed by atoms with van der Waals surface area (Å²) in [4.78, 5) is 23.6.